The largest absolute Gasteiger partial charge is 0.370 e. The van der Waals surface area contributed by atoms with Crippen molar-refractivity contribution in [2.45, 2.75) is 6.54 Å². The average molecular weight is 256 g/mol. The first kappa shape index (κ1) is 15.2. The molecule has 1 aromatic carbocycles. The number of halogens is 1. The van der Waals surface area contributed by atoms with Crippen LogP contribution in [0.25, 0.3) is 0 Å². The summed E-state index contributed by atoms with van der Waals surface area (Å²) in [6, 6.07) is 10.0. The molecule has 1 aromatic rings. The number of nitrogens with zero attached hydrogens (tertiary/aromatic N) is 3. The minimum absolute atomic E-state index is 0. The summed E-state index contributed by atoms with van der Waals surface area (Å²) >= 11 is 0. The maximum absolute atomic E-state index is 5.32. The molecule has 0 saturated heterocycles. The molecule has 6 heteroatoms. The summed E-state index contributed by atoms with van der Waals surface area (Å²) in [6.45, 7) is 0.713. The number of guanidine groups is 2. The zero-order valence-corrected chi connectivity index (χ0v) is 10.8. The molecule has 0 unspecified atom stereocenters. The molecule has 0 radical (unpaired) electrons. The Morgan fingerprint density at radius 2 is 1.82 bits per heavy atom. The quantitative estimate of drug-likeness (QED) is 0.606. The van der Waals surface area contributed by atoms with Crippen LogP contribution in [-0.4, -0.2) is 30.9 Å². The number of hydrogen-bond acceptors (Lipinski definition) is 1. The van der Waals surface area contributed by atoms with E-state index in [2.05, 4.69) is 9.98 Å². The van der Waals surface area contributed by atoms with E-state index in [9.17, 15) is 0 Å². The molecule has 0 fully saturated rings. The van der Waals surface area contributed by atoms with Crippen LogP contribution in [0, 0.1) is 0 Å². The molecule has 0 heterocycles. The second kappa shape index (κ2) is 7.51. The minimum atomic E-state index is 0. The molecule has 0 aliphatic heterocycles. The van der Waals surface area contributed by atoms with Gasteiger partial charge >= 0.3 is 0 Å². The van der Waals surface area contributed by atoms with Crippen molar-refractivity contribution in [2.75, 3.05) is 14.1 Å². The van der Waals surface area contributed by atoms with Gasteiger partial charge in [0.15, 0.2) is 5.96 Å². The van der Waals surface area contributed by atoms with Crippen LogP contribution < -0.4 is 11.5 Å². The highest BCUT2D eigenvalue weighted by molar-refractivity contribution is 5.93. The first-order valence-corrected chi connectivity index (χ1v) is 4.95. The van der Waals surface area contributed by atoms with Gasteiger partial charge in [0.25, 0.3) is 0 Å². The van der Waals surface area contributed by atoms with Gasteiger partial charge in [-0.25, -0.2) is 0 Å². The Kier molecular flexibility index (Phi) is 6.74. The van der Waals surface area contributed by atoms with Crippen molar-refractivity contribution in [3.05, 3.63) is 35.9 Å². The molecule has 0 amide bonds. The Balaban J connectivity index is 0.00000256. The molecule has 0 aliphatic rings. The van der Waals surface area contributed by atoms with Crippen molar-refractivity contribution < 1.29 is 0 Å². The minimum Gasteiger partial charge on any atom is -0.370 e. The molecule has 0 aliphatic carbocycles. The van der Waals surface area contributed by atoms with E-state index in [4.69, 9.17) is 11.5 Å². The summed E-state index contributed by atoms with van der Waals surface area (Å²) in [5.74, 6) is 0.532. The van der Waals surface area contributed by atoms with Crippen molar-refractivity contribution in [3.63, 3.8) is 0 Å². The van der Waals surface area contributed by atoms with Crippen LogP contribution >= 0.6 is 12.4 Å². The molecule has 0 saturated carbocycles. The molecule has 94 valence electrons. The maximum atomic E-state index is 5.32. The third-order valence-electron chi connectivity index (χ3n) is 2.03. The van der Waals surface area contributed by atoms with Gasteiger partial charge in [-0.05, 0) is 5.56 Å². The van der Waals surface area contributed by atoms with Gasteiger partial charge in [-0.2, -0.15) is 4.99 Å². The van der Waals surface area contributed by atoms with Gasteiger partial charge in [0.05, 0.1) is 0 Å². The lowest BCUT2D eigenvalue weighted by atomic mass is 10.2. The van der Waals surface area contributed by atoms with Crippen LogP contribution in [0.15, 0.2) is 40.3 Å². The fourth-order valence-electron chi connectivity index (χ4n) is 1.35. The number of nitrogens with two attached hydrogens (primary N) is 2. The normalized spacial score (nSPS) is 10.4. The Labute approximate surface area is 108 Å². The highest BCUT2D eigenvalue weighted by Crippen LogP contribution is 2.03. The highest BCUT2D eigenvalue weighted by atomic mass is 35.5. The third-order valence-corrected chi connectivity index (χ3v) is 2.03. The fraction of sp³-hybridized carbons (Fsp3) is 0.273. The lowest BCUT2D eigenvalue weighted by Gasteiger charge is -2.17. The fourth-order valence-corrected chi connectivity index (χ4v) is 1.35. The second-order valence-electron chi connectivity index (χ2n) is 3.40. The van der Waals surface area contributed by atoms with Gasteiger partial charge in [0, 0.05) is 20.6 Å². The van der Waals surface area contributed by atoms with Crippen molar-refractivity contribution in [3.8, 4) is 0 Å². The molecule has 5 nitrogen and oxygen atoms in total. The van der Waals surface area contributed by atoms with Gasteiger partial charge in [0.1, 0.15) is 0 Å². The second-order valence-corrected chi connectivity index (χ2v) is 3.40. The Morgan fingerprint density at radius 1 is 1.24 bits per heavy atom. The molecule has 17 heavy (non-hydrogen) atoms. The molecular formula is C11H18ClN5. The van der Waals surface area contributed by atoms with Crippen molar-refractivity contribution >= 4 is 24.3 Å². The van der Waals surface area contributed by atoms with Gasteiger partial charge in [0.2, 0.25) is 5.96 Å². The molecule has 0 atom stereocenters. The molecule has 0 spiro atoms. The average Bonchev–Trinajstić information content (AvgIpc) is 2.26. The van der Waals surface area contributed by atoms with Crippen LogP contribution in [0.3, 0.4) is 0 Å². The first-order chi connectivity index (χ1) is 7.63. The number of benzene rings is 1. The Morgan fingerprint density at radius 3 is 2.29 bits per heavy atom. The third kappa shape index (κ3) is 5.21. The summed E-state index contributed by atoms with van der Waals surface area (Å²) in [6.07, 6.45) is 0. The lowest BCUT2D eigenvalue weighted by Crippen LogP contribution is -2.30. The number of hydrogen-bond donors (Lipinski definition) is 2. The maximum Gasteiger partial charge on any atom is 0.223 e. The van der Waals surface area contributed by atoms with Gasteiger partial charge in [-0.1, -0.05) is 30.3 Å². The summed E-state index contributed by atoms with van der Waals surface area (Å²) in [5.41, 5.74) is 11.8. The van der Waals surface area contributed by atoms with Crippen LogP contribution in [-0.2, 0) is 6.54 Å². The molecule has 0 bridgehead atoms. The van der Waals surface area contributed by atoms with Gasteiger partial charge in [-0.15, -0.1) is 12.4 Å². The van der Waals surface area contributed by atoms with Gasteiger partial charge < -0.3 is 16.4 Å². The Hall–Kier alpha value is -1.75. The van der Waals surface area contributed by atoms with Crippen LogP contribution in [0.4, 0.5) is 0 Å². The molecule has 0 aromatic heterocycles. The van der Waals surface area contributed by atoms with E-state index in [1.807, 2.05) is 42.3 Å². The molecular weight excluding hydrogens is 238 g/mol. The topological polar surface area (TPSA) is 80.0 Å². The van der Waals surface area contributed by atoms with E-state index in [1.165, 1.54) is 5.56 Å². The van der Waals surface area contributed by atoms with E-state index >= 15 is 0 Å². The lowest BCUT2D eigenvalue weighted by molar-refractivity contribution is 0.494. The Bertz CT molecular complexity index is 384. The summed E-state index contributed by atoms with van der Waals surface area (Å²) in [5, 5.41) is 0. The van der Waals surface area contributed by atoms with Crippen LogP contribution in [0.5, 0.6) is 0 Å². The van der Waals surface area contributed by atoms with E-state index in [0.717, 1.165) is 0 Å². The van der Waals surface area contributed by atoms with Gasteiger partial charge in [-0.3, -0.25) is 4.99 Å². The monoisotopic (exact) mass is 255 g/mol. The van der Waals surface area contributed by atoms with Crippen LogP contribution in [0.1, 0.15) is 5.56 Å². The first-order valence-electron chi connectivity index (χ1n) is 4.95. The summed E-state index contributed by atoms with van der Waals surface area (Å²) in [4.78, 5) is 9.84. The summed E-state index contributed by atoms with van der Waals surface area (Å²) < 4.78 is 0. The zero-order chi connectivity index (χ0) is 12.0. The standard InChI is InChI=1S/C11H17N5.ClH/c1-14-11(15-10(12)13)16(2)8-9-6-4-3-5-7-9;/h3-7H,8H2,1-2H3,(H4,12,13,14,15);1H. The van der Waals surface area contributed by atoms with E-state index in [1.54, 1.807) is 7.05 Å². The smallest absolute Gasteiger partial charge is 0.223 e. The van der Waals surface area contributed by atoms with E-state index in [0.29, 0.717) is 12.5 Å². The van der Waals surface area contributed by atoms with Crippen LogP contribution in [0.2, 0.25) is 0 Å². The predicted molar refractivity (Wildman–Crippen MR) is 74.3 cm³/mol. The highest BCUT2D eigenvalue weighted by Gasteiger charge is 2.05. The zero-order valence-electron chi connectivity index (χ0n) is 10.00. The SMILES string of the molecule is CN=C(N=C(N)N)N(C)Cc1ccccc1.Cl. The number of rotatable bonds is 2. The predicted octanol–water partition coefficient (Wildman–Crippen LogP) is 0.799. The molecule has 4 N–H and O–H groups in total. The van der Waals surface area contributed by atoms with Crippen molar-refractivity contribution in [2.24, 2.45) is 21.5 Å². The molecule has 1 rings (SSSR count). The van der Waals surface area contributed by atoms with Crippen molar-refractivity contribution in [1.29, 1.82) is 0 Å². The van der Waals surface area contributed by atoms with E-state index < -0.39 is 0 Å². The number of aliphatic imine (C=N–C) groups is 2. The van der Waals surface area contributed by atoms with E-state index in [-0.39, 0.29) is 18.4 Å². The summed E-state index contributed by atoms with van der Waals surface area (Å²) in [7, 11) is 3.55. The van der Waals surface area contributed by atoms with Crippen molar-refractivity contribution in [1.82, 2.24) is 4.90 Å².